The van der Waals surface area contributed by atoms with Gasteiger partial charge in [-0.1, -0.05) is 12.1 Å². The molecule has 2 rings (SSSR count). The summed E-state index contributed by atoms with van der Waals surface area (Å²) in [5.41, 5.74) is 2.05. The van der Waals surface area contributed by atoms with Crippen molar-refractivity contribution in [3.05, 3.63) is 29.8 Å². The molecular formula is C16H23NO4. The molecule has 1 heterocycles. The van der Waals surface area contributed by atoms with Gasteiger partial charge in [0.05, 0.1) is 19.3 Å². The number of anilines is 1. The first-order valence-corrected chi connectivity index (χ1v) is 7.34. The van der Waals surface area contributed by atoms with Crippen molar-refractivity contribution in [2.24, 2.45) is 0 Å². The summed E-state index contributed by atoms with van der Waals surface area (Å²) in [6.07, 6.45) is 1.92. The minimum atomic E-state index is -0.320. The summed E-state index contributed by atoms with van der Waals surface area (Å²) >= 11 is 0. The Hall–Kier alpha value is -1.59. The summed E-state index contributed by atoms with van der Waals surface area (Å²) in [7, 11) is 1.60. The quantitative estimate of drug-likeness (QED) is 0.838. The molecule has 1 aliphatic rings. The van der Waals surface area contributed by atoms with E-state index in [1.807, 2.05) is 24.3 Å². The van der Waals surface area contributed by atoms with E-state index in [1.54, 1.807) is 18.9 Å². The van der Waals surface area contributed by atoms with Crippen LogP contribution in [0.25, 0.3) is 0 Å². The van der Waals surface area contributed by atoms with E-state index in [0.29, 0.717) is 13.2 Å². The Labute approximate surface area is 125 Å². The molecule has 1 amide bonds. The Balaban J connectivity index is 1.91. The normalized spacial score (nSPS) is 19.7. The molecule has 1 aliphatic heterocycles. The number of rotatable bonds is 7. The first-order chi connectivity index (χ1) is 10.1. The van der Waals surface area contributed by atoms with Crippen LogP contribution in [-0.4, -0.2) is 43.7 Å². The first kappa shape index (κ1) is 15.8. The van der Waals surface area contributed by atoms with Crippen LogP contribution in [-0.2, 0) is 15.9 Å². The van der Waals surface area contributed by atoms with Crippen LogP contribution in [0.4, 0.5) is 10.5 Å². The number of carbonyl (C=O) groups is 1. The van der Waals surface area contributed by atoms with Gasteiger partial charge in [-0.15, -0.1) is 0 Å². The molecule has 1 aromatic rings. The average Bonchev–Trinajstić information content (AvgIpc) is 2.80. The number of carbonyl (C=O) groups excluding carboxylic acids is 1. The van der Waals surface area contributed by atoms with E-state index in [4.69, 9.17) is 9.47 Å². The molecule has 0 bridgehead atoms. The Kier molecular flexibility index (Phi) is 5.59. The fourth-order valence-corrected chi connectivity index (χ4v) is 2.45. The topological polar surface area (TPSA) is 59.0 Å². The SMILES string of the molecule is COC[C@H]1CN(c2ccc(CCC[C@@H](C)O)cc2)C(=O)O1. The Morgan fingerprint density at radius 2 is 2.14 bits per heavy atom. The van der Waals surface area contributed by atoms with Crippen LogP contribution in [0.5, 0.6) is 0 Å². The smallest absolute Gasteiger partial charge is 0.414 e. The minimum absolute atomic E-state index is 0.201. The fraction of sp³-hybridized carbons (Fsp3) is 0.562. The Morgan fingerprint density at radius 1 is 1.43 bits per heavy atom. The third kappa shape index (κ3) is 4.44. The monoisotopic (exact) mass is 293 g/mol. The maximum atomic E-state index is 11.8. The van der Waals surface area contributed by atoms with E-state index in [-0.39, 0.29) is 18.3 Å². The van der Waals surface area contributed by atoms with Gasteiger partial charge in [0.2, 0.25) is 0 Å². The van der Waals surface area contributed by atoms with Crippen LogP contribution in [0.1, 0.15) is 25.3 Å². The lowest BCUT2D eigenvalue weighted by atomic mass is 10.1. The highest BCUT2D eigenvalue weighted by Crippen LogP contribution is 2.22. The molecular weight excluding hydrogens is 270 g/mol. The summed E-state index contributed by atoms with van der Waals surface area (Å²) in [5.74, 6) is 0. The van der Waals surface area contributed by atoms with Crippen molar-refractivity contribution in [3.63, 3.8) is 0 Å². The van der Waals surface area contributed by atoms with Crippen LogP contribution >= 0.6 is 0 Å². The maximum absolute atomic E-state index is 11.8. The van der Waals surface area contributed by atoms with Crippen molar-refractivity contribution in [1.82, 2.24) is 0 Å². The number of aliphatic hydroxyl groups excluding tert-OH is 1. The number of aliphatic hydroxyl groups is 1. The molecule has 0 saturated carbocycles. The predicted octanol–water partition coefficient (Wildman–Crippen LogP) is 2.36. The van der Waals surface area contributed by atoms with Gasteiger partial charge >= 0.3 is 6.09 Å². The number of hydrogen-bond donors (Lipinski definition) is 1. The van der Waals surface area contributed by atoms with E-state index in [1.165, 1.54) is 5.56 Å². The second kappa shape index (κ2) is 7.43. The van der Waals surface area contributed by atoms with Crippen molar-refractivity contribution in [3.8, 4) is 0 Å². The zero-order chi connectivity index (χ0) is 15.2. The van der Waals surface area contributed by atoms with Gasteiger partial charge in [0.1, 0.15) is 6.10 Å². The molecule has 1 aromatic carbocycles. The van der Waals surface area contributed by atoms with Crippen molar-refractivity contribution < 1.29 is 19.4 Å². The molecule has 1 N–H and O–H groups in total. The highest BCUT2D eigenvalue weighted by Gasteiger charge is 2.32. The lowest BCUT2D eigenvalue weighted by molar-refractivity contribution is 0.0718. The van der Waals surface area contributed by atoms with Gasteiger partial charge in [-0.2, -0.15) is 0 Å². The number of amides is 1. The largest absolute Gasteiger partial charge is 0.441 e. The van der Waals surface area contributed by atoms with Gasteiger partial charge < -0.3 is 14.6 Å². The Morgan fingerprint density at radius 3 is 2.76 bits per heavy atom. The van der Waals surface area contributed by atoms with E-state index in [9.17, 15) is 9.90 Å². The second-order valence-electron chi connectivity index (χ2n) is 5.48. The summed E-state index contributed by atoms with van der Waals surface area (Å²) in [4.78, 5) is 13.4. The van der Waals surface area contributed by atoms with E-state index < -0.39 is 0 Å². The van der Waals surface area contributed by atoms with Gasteiger partial charge in [0.25, 0.3) is 0 Å². The van der Waals surface area contributed by atoms with Crippen LogP contribution < -0.4 is 4.90 Å². The van der Waals surface area contributed by atoms with Gasteiger partial charge in [-0.25, -0.2) is 4.79 Å². The third-order valence-electron chi connectivity index (χ3n) is 3.56. The number of hydrogen-bond acceptors (Lipinski definition) is 4. The highest BCUT2D eigenvalue weighted by atomic mass is 16.6. The predicted molar refractivity (Wildman–Crippen MR) is 80.6 cm³/mol. The van der Waals surface area contributed by atoms with E-state index >= 15 is 0 Å². The van der Waals surface area contributed by atoms with Crippen molar-refractivity contribution in [1.29, 1.82) is 0 Å². The zero-order valence-corrected chi connectivity index (χ0v) is 12.6. The lowest BCUT2D eigenvalue weighted by Crippen LogP contribution is -2.25. The molecule has 21 heavy (non-hydrogen) atoms. The van der Waals surface area contributed by atoms with Crippen LogP contribution in [0.2, 0.25) is 0 Å². The summed E-state index contributed by atoms with van der Waals surface area (Å²) < 4.78 is 10.2. The van der Waals surface area contributed by atoms with Gasteiger partial charge in [-0.05, 0) is 43.9 Å². The van der Waals surface area contributed by atoms with Crippen molar-refractivity contribution in [2.45, 2.75) is 38.4 Å². The van der Waals surface area contributed by atoms with Gasteiger partial charge in [0.15, 0.2) is 0 Å². The highest BCUT2D eigenvalue weighted by molar-refractivity contribution is 5.89. The molecule has 116 valence electrons. The molecule has 0 aromatic heterocycles. The minimum Gasteiger partial charge on any atom is -0.441 e. The van der Waals surface area contributed by atoms with E-state index in [2.05, 4.69) is 0 Å². The average molecular weight is 293 g/mol. The van der Waals surface area contributed by atoms with Crippen LogP contribution in [0.15, 0.2) is 24.3 Å². The molecule has 0 aliphatic carbocycles. The second-order valence-corrected chi connectivity index (χ2v) is 5.48. The first-order valence-electron chi connectivity index (χ1n) is 7.34. The van der Waals surface area contributed by atoms with E-state index in [0.717, 1.165) is 24.9 Å². The summed E-state index contributed by atoms with van der Waals surface area (Å²) in [6, 6.07) is 7.92. The van der Waals surface area contributed by atoms with Crippen LogP contribution in [0, 0.1) is 0 Å². The lowest BCUT2D eigenvalue weighted by Gasteiger charge is -2.13. The number of benzene rings is 1. The fourth-order valence-electron chi connectivity index (χ4n) is 2.45. The molecule has 1 saturated heterocycles. The maximum Gasteiger partial charge on any atom is 0.414 e. The molecule has 0 unspecified atom stereocenters. The number of aryl methyl sites for hydroxylation is 1. The Bertz CT molecular complexity index is 458. The van der Waals surface area contributed by atoms with Gasteiger partial charge in [-0.3, -0.25) is 4.90 Å². The number of ether oxygens (including phenoxy) is 2. The molecule has 5 nitrogen and oxygen atoms in total. The standard InChI is InChI=1S/C16H23NO4/c1-12(18)4-3-5-13-6-8-14(9-7-13)17-10-15(11-20-2)21-16(17)19/h6-9,12,15,18H,3-5,10-11H2,1-2H3/t12-,15-/m1/s1. The molecule has 5 heteroatoms. The summed E-state index contributed by atoms with van der Waals surface area (Å²) in [5, 5.41) is 9.25. The summed E-state index contributed by atoms with van der Waals surface area (Å²) in [6.45, 7) is 2.74. The van der Waals surface area contributed by atoms with Crippen LogP contribution in [0.3, 0.4) is 0 Å². The molecule has 0 radical (unpaired) electrons. The zero-order valence-electron chi connectivity index (χ0n) is 12.6. The molecule has 0 spiro atoms. The van der Waals surface area contributed by atoms with Crippen molar-refractivity contribution in [2.75, 3.05) is 25.2 Å². The van der Waals surface area contributed by atoms with Crippen molar-refractivity contribution >= 4 is 11.8 Å². The third-order valence-corrected chi connectivity index (χ3v) is 3.56. The number of cyclic esters (lactones) is 1. The molecule has 1 fully saturated rings. The van der Waals surface area contributed by atoms with Gasteiger partial charge in [0, 0.05) is 12.8 Å². The number of methoxy groups -OCH3 is 1. The molecule has 2 atom stereocenters. The number of nitrogens with zero attached hydrogens (tertiary/aromatic N) is 1.